The molecule has 1 fully saturated rings. The first-order chi connectivity index (χ1) is 8.35. The third-order valence-corrected chi connectivity index (χ3v) is 3.75. The molecule has 0 amide bonds. The molecule has 2 rings (SSSR count). The molecule has 0 bridgehead atoms. The van der Waals surface area contributed by atoms with Crippen molar-refractivity contribution in [2.24, 2.45) is 5.41 Å². The van der Waals surface area contributed by atoms with E-state index in [0.29, 0.717) is 5.41 Å². The molecule has 0 aromatic carbocycles. The van der Waals surface area contributed by atoms with Gasteiger partial charge < -0.3 is 10.6 Å². The standard InChI is InChI=1S/C14H23N3/c1-15-11-14(7-4-8-14)12-16-10-6-13-5-2-3-9-17-13/h2-3,5,9,15-16H,4,6-8,10-12H2,1H3. The summed E-state index contributed by atoms with van der Waals surface area (Å²) in [7, 11) is 2.05. The zero-order valence-electron chi connectivity index (χ0n) is 10.7. The SMILES string of the molecule is CNCC1(CNCCc2ccccn2)CCC1. The Balaban J connectivity index is 1.66. The van der Waals surface area contributed by atoms with Crippen LogP contribution in [0.3, 0.4) is 0 Å². The fourth-order valence-electron chi connectivity index (χ4n) is 2.58. The number of hydrogen-bond donors (Lipinski definition) is 2. The minimum absolute atomic E-state index is 0.527. The van der Waals surface area contributed by atoms with Crippen molar-refractivity contribution in [2.45, 2.75) is 25.7 Å². The topological polar surface area (TPSA) is 37.0 Å². The second kappa shape index (κ2) is 6.12. The minimum atomic E-state index is 0.527. The Kier molecular flexibility index (Phi) is 4.51. The molecule has 1 aromatic rings. The van der Waals surface area contributed by atoms with Crippen molar-refractivity contribution in [1.29, 1.82) is 0 Å². The van der Waals surface area contributed by atoms with Crippen molar-refractivity contribution < 1.29 is 0 Å². The molecule has 0 aliphatic heterocycles. The highest BCUT2D eigenvalue weighted by Gasteiger charge is 2.35. The van der Waals surface area contributed by atoms with Crippen molar-refractivity contribution in [3.63, 3.8) is 0 Å². The summed E-state index contributed by atoms with van der Waals surface area (Å²) in [6, 6.07) is 6.11. The number of hydrogen-bond acceptors (Lipinski definition) is 3. The zero-order chi connectivity index (χ0) is 12.0. The van der Waals surface area contributed by atoms with Crippen molar-refractivity contribution in [2.75, 3.05) is 26.7 Å². The predicted molar refractivity (Wildman–Crippen MR) is 71.0 cm³/mol. The lowest BCUT2D eigenvalue weighted by Gasteiger charge is -2.42. The van der Waals surface area contributed by atoms with E-state index >= 15 is 0 Å². The Morgan fingerprint density at radius 2 is 2.18 bits per heavy atom. The molecule has 3 heteroatoms. The second-order valence-corrected chi connectivity index (χ2v) is 5.13. The molecule has 0 atom stereocenters. The second-order valence-electron chi connectivity index (χ2n) is 5.13. The lowest BCUT2D eigenvalue weighted by molar-refractivity contribution is 0.131. The monoisotopic (exact) mass is 233 g/mol. The number of nitrogens with one attached hydrogen (secondary N) is 2. The first kappa shape index (κ1) is 12.5. The summed E-state index contributed by atoms with van der Waals surface area (Å²) in [4.78, 5) is 4.33. The lowest BCUT2D eigenvalue weighted by atomic mass is 9.68. The maximum Gasteiger partial charge on any atom is 0.0416 e. The smallest absolute Gasteiger partial charge is 0.0416 e. The third kappa shape index (κ3) is 3.51. The molecule has 1 saturated carbocycles. The van der Waals surface area contributed by atoms with Crippen LogP contribution in [0.5, 0.6) is 0 Å². The molecular formula is C14H23N3. The van der Waals surface area contributed by atoms with E-state index < -0.39 is 0 Å². The highest BCUT2D eigenvalue weighted by atomic mass is 14.9. The summed E-state index contributed by atoms with van der Waals surface area (Å²) in [6.07, 6.45) is 7.01. The van der Waals surface area contributed by atoms with E-state index in [-0.39, 0.29) is 0 Å². The fraction of sp³-hybridized carbons (Fsp3) is 0.643. The first-order valence-corrected chi connectivity index (χ1v) is 6.60. The molecule has 0 spiro atoms. The van der Waals surface area contributed by atoms with E-state index in [1.165, 1.54) is 25.0 Å². The van der Waals surface area contributed by atoms with Gasteiger partial charge in [-0.15, -0.1) is 0 Å². The molecule has 3 nitrogen and oxygen atoms in total. The maximum absolute atomic E-state index is 4.33. The van der Waals surface area contributed by atoms with Gasteiger partial charge in [0.1, 0.15) is 0 Å². The van der Waals surface area contributed by atoms with Crippen molar-refractivity contribution >= 4 is 0 Å². The van der Waals surface area contributed by atoms with Gasteiger partial charge in [0, 0.05) is 37.9 Å². The van der Waals surface area contributed by atoms with E-state index in [0.717, 1.165) is 26.1 Å². The lowest BCUT2D eigenvalue weighted by Crippen LogP contribution is -2.46. The average molecular weight is 233 g/mol. The van der Waals surface area contributed by atoms with Crippen LogP contribution in [-0.4, -0.2) is 31.7 Å². The molecule has 0 radical (unpaired) electrons. The van der Waals surface area contributed by atoms with Crippen LogP contribution >= 0.6 is 0 Å². The Morgan fingerprint density at radius 3 is 2.76 bits per heavy atom. The summed E-state index contributed by atoms with van der Waals surface area (Å²) >= 11 is 0. The highest BCUT2D eigenvalue weighted by Crippen LogP contribution is 2.39. The van der Waals surface area contributed by atoms with Crippen LogP contribution in [0.4, 0.5) is 0 Å². The van der Waals surface area contributed by atoms with Gasteiger partial charge in [0.25, 0.3) is 0 Å². The van der Waals surface area contributed by atoms with Gasteiger partial charge in [0.15, 0.2) is 0 Å². The number of rotatable bonds is 7. The van der Waals surface area contributed by atoms with E-state index in [2.05, 4.69) is 27.8 Å². The van der Waals surface area contributed by atoms with Crippen LogP contribution in [0.15, 0.2) is 24.4 Å². The summed E-state index contributed by atoms with van der Waals surface area (Å²) in [6.45, 7) is 3.31. The molecule has 2 N–H and O–H groups in total. The Bertz CT molecular complexity index is 319. The van der Waals surface area contributed by atoms with Gasteiger partial charge in [-0.3, -0.25) is 4.98 Å². The van der Waals surface area contributed by atoms with Crippen LogP contribution in [0, 0.1) is 5.41 Å². The van der Waals surface area contributed by atoms with Crippen LogP contribution in [0.1, 0.15) is 25.0 Å². The zero-order valence-corrected chi connectivity index (χ0v) is 10.7. The Hall–Kier alpha value is -0.930. The van der Waals surface area contributed by atoms with Gasteiger partial charge in [0.05, 0.1) is 0 Å². The molecule has 1 heterocycles. The summed E-state index contributed by atoms with van der Waals surface area (Å²) in [5.74, 6) is 0. The quantitative estimate of drug-likeness (QED) is 0.703. The number of aromatic nitrogens is 1. The molecular weight excluding hydrogens is 210 g/mol. The van der Waals surface area contributed by atoms with Crippen LogP contribution in [0.2, 0.25) is 0 Å². The van der Waals surface area contributed by atoms with E-state index in [1.54, 1.807) is 0 Å². The van der Waals surface area contributed by atoms with Gasteiger partial charge in [0.2, 0.25) is 0 Å². The van der Waals surface area contributed by atoms with Crippen molar-refractivity contribution in [3.05, 3.63) is 30.1 Å². The normalized spacial score (nSPS) is 17.7. The third-order valence-electron chi connectivity index (χ3n) is 3.75. The van der Waals surface area contributed by atoms with E-state index in [4.69, 9.17) is 0 Å². The highest BCUT2D eigenvalue weighted by molar-refractivity contribution is 5.03. The molecule has 1 aliphatic rings. The van der Waals surface area contributed by atoms with Gasteiger partial charge in [-0.05, 0) is 37.4 Å². The molecule has 0 unspecified atom stereocenters. The van der Waals surface area contributed by atoms with Gasteiger partial charge in [-0.2, -0.15) is 0 Å². The fourth-order valence-corrected chi connectivity index (χ4v) is 2.58. The van der Waals surface area contributed by atoms with Crippen molar-refractivity contribution in [1.82, 2.24) is 15.6 Å². The largest absolute Gasteiger partial charge is 0.319 e. The Labute approximate surface area is 104 Å². The molecule has 0 saturated heterocycles. The van der Waals surface area contributed by atoms with Gasteiger partial charge in [-0.1, -0.05) is 12.5 Å². The van der Waals surface area contributed by atoms with Gasteiger partial charge >= 0.3 is 0 Å². The van der Waals surface area contributed by atoms with Crippen LogP contribution in [0.25, 0.3) is 0 Å². The summed E-state index contributed by atoms with van der Waals surface area (Å²) in [5.41, 5.74) is 1.70. The number of nitrogens with zero attached hydrogens (tertiary/aromatic N) is 1. The first-order valence-electron chi connectivity index (χ1n) is 6.60. The van der Waals surface area contributed by atoms with Crippen molar-refractivity contribution in [3.8, 4) is 0 Å². The molecule has 94 valence electrons. The van der Waals surface area contributed by atoms with E-state index in [9.17, 15) is 0 Å². The minimum Gasteiger partial charge on any atom is -0.319 e. The molecule has 1 aromatic heterocycles. The summed E-state index contributed by atoms with van der Waals surface area (Å²) < 4.78 is 0. The Morgan fingerprint density at radius 1 is 1.29 bits per heavy atom. The maximum atomic E-state index is 4.33. The van der Waals surface area contributed by atoms with Gasteiger partial charge in [-0.25, -0.2) is 0 Å². The molecule has 1 aliphatic carbocycles. The van der Waals surface area contributed by atoms with Crippen LogP contribution in [-0.2, 0) is 6.42 Å². The van der Waals surface area contributed by atoms with E-state index in [1.807, 2.05) is 19.3 Å². The number of pyridine rings is 1. The molecule has 17 heavy (non-hydrogen) atoms. The average Bonchev–Trinajstić information content (AvgIpc) is 2.32. The van der Waals surface area contributed by atoms with Crippen LogP contribution < -0.4 is 10.6 Å². The summed E-state index contributed by atoms with van der Waals surface area (Å²) in [5, 5.41) is 6.90. The predicted octanol–water partition coefficient (Wildman–Crippen LogP) is 1.60.